The quantitative estimate of drug-likeness (QED) is 0.846. The summed E-state index contributed by atoms with van der Waals surface area (Å²) >= 11 is 1.10. The van der Waals surface area contributed by atoms with E-state index in [-0.39, 0.29) is 5.69 Å². The molecule has 0 aliphatic rings. The van der Waals surface area contributed by atoms with Crippen LogP contribution in [-0.2, 0) is 10.0 Å². The first kappa shape index (κ1) is 10.3. The molecule has 0 atom stereocenters. The Morgan fingerprint density at radius 2 is 2.00 bits per heavy atom. The molecule has 1 heterocycles. The molecule has 1 aromatic rings. The lowest BCUT2D eigenvalue weighted by molar-refractivity contribution is -0.0429. The van der Waals surface area contributed by atoms with E-state index < -0.39 is 15.5 Å². The van der Waals surface area contributed by atoms with Gasteiger partial charge in [0.2, 0.25) is 0 Å². The van der Waals surface area contributed by atoms with Crippen LogP contribution in [0, 0.1) is 0 Å². The van der Waals surface area contributed by atoms with Crippen molar-refractivity contribution in [3.63, 3.8) is 0 Å². The molecular formula is C5H4F3NO2S2. The lowest BCUT2D eigenvalue weighted by atomic mass is 10.6. The summed E-state index contributed by atoms with van der Waals surface area (Å²) in [6.07, 6.45) is 0. The number of hydrogen-bond donors (Lipinski definition) is 1. The van der Waals surface area contributed by atoms with Crippen LogP contribution in [0.4, 0.5) is 18.9 Å². The van der Waals surface area contributed by atoms with Crippen LogP contribution in [0.15, 0.2) is 16.8 Å². The van der Waals surface area contributed by atoms with Gasteiger partial charge >= 0.3 is 15.5 Å². The van der Waals surface area contributed by atoms with Gasteiger partial charge in [0.05, 0.1) is 5.69 Å². The number of nitrogens with one attached hydrogen (secondary N) is 1. The smallest absolute Gasteiger partial charge is 0.275 e. The molecule has 0 aliphatic carbocycles. The molecule has 1 N–H and O–H groups in total. The minimum atomic E-state index is -5.27. The van der Waals surface area contributed by atoms with Gasteiger partial charge in [0, 0.05) is 5.38 Å². The first-order valence-corrected chi connectivity index (χ1v) is 5.37. The van der Waals surface area contributed by atoms with Gasteiger partial charge in [-0.1, -0.05) is 0 Å². The van der Waals surface area contributed by atoms with E-state index >= 15 is 0 Å². The van der Waals surface area contributed by atoms with Crippen molar-refractivity contribution in [3.05, 3.63) is 16.8 Å². The summed E-state index contributed by atoms with van der Waals surface area (Å²) < 4.78 is 57.7. The van der Waals surface area contributed by atoms with Gasteiger partial charge in [-0.2, -0.15) is 32.9 Å². The Labute approximate surface area is 76.2 Å². The van der Waals surface area contributed by atoms with Crippen molar-refractivity contribution in [1.29, 1.82) is 0 Å². The SMILES string of the molecule is O=S(=O)(Nc1ccsc1)C(F)(F)F. The Hall–Kier alpha value is -0.760. The second-order valence-corrected chi connectivity index (χ2v) is 4.52. The van der Waals surface area contributed by atoms with Gasteiger partial charge in [0.25, 0.3) is 0 Å². The Balaban J connectivity index is 2.87. The fourth-order valence-corrected chi connectivity index (χ4v) is 1.75. The number of alkyl halides is 3. The Bertz CT molecular complexity index is 367. The molecule has 0 saturated carbocycles. The first-order chi connectivity index (χ1) is 5.83. The molecule has 0 bridgehead atoms. The predicted molar refractivity (Wildman–Crippen MR) is 42.9 cm³/mol. The maximum atomic E-state index is 11.8. The third-order valence-corrected chi connectivity index (χ3v) is 2.88. The number of thiophene rings is 1. The van der Waals surface area contributed by atoms with Crippen LogP contribution in [0.25, 0.3) is 0 Å². The van der Waals surface area contributed by atoms with Crippen LogP contribution in [-0.4, -0.2) is 13.9 Å². The summed E-state index contributed by atoms with van der Waals surface area (Å²) in [6, 6.07) is 1.24. The van der Waals surface area contributed by atoms with Crippen molar-refractivity contribution < 1.29 is 21.6 Å². The normalized spacial score (nSPS) is 12.8. The molecule has 0 aromatic carbocycles. The number of rotatable bonds is 2. The Morgan fingerprint density at radius 3 is 2.38 bits per heavy atom. The molecular weight excluding hydrogens is 227 g/mol. The van der Waals surface area contributed by atoms with Gasteiger partial charge in [-0.3, -0.25) is 4.72 Å². The maximum Gasteiger partial charge on any atom is 0.516 e. The summed E-state index contributed by atoms with van der Waals surface area (Å²) in [5.74, 6) is 0. The summed E-state index contributed by atoms with van der Waals surface area (Å²) in [5, 5.41) is 2.73. The molecule has 0 amide bonds. The number of hydrogen-bond acceptors (Lipinski definition) is 3. The molecule has 8 heteroatoms. The number of halogens is 3. The molecule has 0 unspecified atom stereocenters. The lowest BCUT2D eigenvalue weighted by Gasteiger charge is -2.08. The molecule has 1 rings (SSSR count). The van der Waals surface area contributed by atoms with E-state index in [1.807, 2.05) is 0 Å². The highest BCUT2D eigenvalue weighted by atomic mass is 32.2. The van der Waals surface area contributed by atoms with Crippen molar-refractivity contribution in [3.8, 4) is 0 Å². The van der Waals surface area contributed by atoms with Crippen molar-refractivity contribution in [2.45, 2.75) is 5.51 Å². The van der Waals surface area contributed by atoms with Gasteiger partial charge in [0.15, 0.2) is 0 Å². The topological polar surface area (TPSA) is 46.2 Å². The van der Waals surface area contributed by atoms with Crippen LogP contribution >= 0.6 is 11.3 Å². The lowest BCUT2D eigenvalue weighted by Crippen LogP contribution is -2.29. The summed E-state index contributed by atoms with van der Waals surface area (Å²) in [6.45, 7) is 0. The standard InChI is InChI=1S/C5H4F3NO2S2/c6-5(7,8)13(10,11)9-4-1-2-12-3-4/h1-3,9H. The van der Waals surface area contributed by atoms with E-state index in [2.05, 4.69) is 0 Å². The molecule has 0 spiro atoms. The molecule has 1 aromatic heterocycles. The van der Waals surface area contributed by atoms with Gasteiger partial charge in [0.1, 0.15) is 0 Å². The molecule has 74 valence electrons. The van der Waals surface area contributed by atoms with Crippen LogP contribution in [0.3, 0.4) is 0 Å². The number of sulfonamides is 1. The maximum absolute atomic E-state index is 11.8. The van der Waals surface area contributed by atoms with Crippen LogP contribution in [0.5, 0.6) is 0 Å². The van der Waals surface area contributed by atoms with Crippen LogP contribution in [0.1, 0.15) is 0 Å². The zero-order valence-corrected chi connectivity index (χ0v) is 7.63. The zero-order valence-electron chi connectivity index (χ0n) is 6.00. The van der Waals surface area contributed by atoms with E-state index in [9.17, 15) is 21.6 Å². The summed E-state index contributed by atoms with van der Waals surface area (Å²) in [4.78, 5) is 0. The van der Waals surface area contributed by atoms with Gasteiger partial charge in [-0.05, 0) is 11.4 Å². The summed E-state index contributed by atoms with van der Waals surface area (Å²) in [5.41, 5.74) is -5.35. The van der Waals surface area contributed by atoms with E-state index in [0.717, 1.165) is 11.3 Å². The van der Waals surface area contributed by atoms with Crippen molar-refractivity contribution in [1.82, 2.24) is 0 Å². The zero-order chi connectivity index (χ0) is 10.1. The minimum Gasteiger partial charge on any atom is -0.275 e. The highest BCUT2D eigenvalue weighted by Crippen LogP contribution is 2.25. The fraction of sp³-hybridized carbons (Fsp3) is 0.200. The van der Waals surface area contributed by atoms with E-state index in [4.69, 9.17) is 0 Å². The molecule has 0 saturated heterocycles. The monoisotopic (exact) mass is 231 g/mol. The van der Waals surface area contributed by atoms with E-state index in [1.54, 1.807) is 0 Å². The second kappa shape index (κ2) is 3.18. The third-order valence-electron chi connectivity index (χ3n) is 1.08. The fourth-order valence-electron chi connectivity index (χ4n) is 0.536. The Morgan fingerprint density at radius 1 is 1.38 bits per heavy atom. The first-order valence-electron chi connectivity index (χ1n) is 2.94. The van der Waals surface area contributed by atoms with E-state index in [0.29, 0.717) is 0 Å². The Kier molecular flexibility index (Phi) is 2.53. The molecule has 13 heavy (non-hydrogen) atoms. The molecule has 0 radical (unpaired) electrons. The molecule has 0 aliphatic heterocycles. The van der Waals surface area contributed by atoms with Gasteiger partial charge in [-0.25, -0.2) is 0 Å². The average Bonchev–Trinajstić information content (AvgIpc) is 2.35. The van der Waals surface area contributed by atoms with Crippen LogP contribution < -0.4 is 4.72 Å². The largest absolute Gasteiger partial charge is 0.516 e. The average molecular weight is 231 g/mol. The van der Waals surface area contributed by atoms with Crippen molar-refractivity contribution in [2.24, 2.45) is 0 Å². The van der Waals surface area contributed by atoms with Crippen molar-refractivity contribution in [2.75, 3.05) is 4.72 Å². The summed E-state index contributed by atoms with van der Waals surface area (Å²) in [7, 11) is -5.26. The van der Waals surface area contributed by atoms with E-state index in [1.165, 1.54) is 21.5 Å². The molecule has 0 fully saturated rings. The minimum absolute atomic E-state index is 0.0812. The highest BCUT2D eigenvalue weighted by Gasteiger charge is 2.46. The van der Waals surface area contributed by atoms with Crippen molar-refractivity contribution >= 4 is 27.0 Å². The van der Waals surface area contributed by atoms with Gasteiger partial charge in [-0.15, -0.1) is 0 Å². The van der Waals surface area contributed by atoms with Gasteiger partial charge < -0.3 is 0 Å². The second-order valence-electron chi connectivity index (χ2n) is 2.06. The highest BCUT2D eigenvalue weighted by molar-refractivity contribution is 7.93. The third kappa shape index (κ3) is 2.34. The number of anilines is 1. The predicted octanol–water partition coefficient (Wildman–Crippen LogP) is 2.01. The van der Waals surface area contributed by atoms with Crippen LogP contribution in [0.2, 0.25) is 0 Å². The molecule has 3 nitrogen and oxygen atoms in total.